The molecular formula is C14H20O2. The van der Waals surface area contributed by atoms with Crippen LogP contribution in [0.1, 0.15) is 44.7 Å². The molecule has 2 rings (SSSR count). The van der Waals surface area contributed by atoms with Gasteiger partial charge in [-0.2, -0.15) is 0 Å². The molecule has 0 aliphatic carbocycles. The van der Waals surface area contributed by atoms with E-state index in [0.717, 1.165) is 17.9 Å². The maximum absolute atomic E-state index is 5.60. The first-order valence-corrected chi connectivity index (χ1v) is 6.01. The lowest BCUT2D eigenvalue weighted by Crippen LogP contribution is -1.98. The lowest BCUT2D eigenvalue weighted by molar-refractivity contribution is 0.172. The Balaban J connectivity index is 2.41. The smallest absolute Gasteiger partial charge is 0.231 e. The van der Waals surface area contributed by atoms with Gasteiger partial charge >= 0.3 is 0 Å². The van der Waals surface area contributed by atoms with Crippen LogP contribution < -0.4 is 9.47 Å². The Bertz CT molecular complexity index is 381. The molecule has 0 saturated carbocycles. The van der Waals surface area contributed by atoms with Crippen molar-refractivity contribution in [2.45, 2.75) is 40.0 Å². The fourth-order valence-electron chi connectivity index (χ4n) is 2.13. The summed E-state index contributed by atoms with van der Waals surface area (Å²) < 4.78 is 11.2. The second-order valence-corrected chi connectivity index (χ2v) is 5.13. The van der Waals surface area contributed by atoms with E-state index < -0.39 is 0 Å². The van der Waals surface area contributed by atoms with Crippen molar-refractivity contribution in [2.75, 3.05) is 6.79 Å². The summed E-state index contributed by atoms with van der Waals surface area (Å²) in [7, 11) is 0. The molecule has 88 valence electrons. The molecule has 0 aromatic heterocycles. The first-order chi connectivity index (χ1) is 7.59. The van der Waals surface area contributed by atoms with Gasteiger partial charge in [0, 0.05) is 5.56 Å². The average molecular weight is 220 g/mol. The molecular weight excluding hydrogens is 200 g/mol. The molecule has 1 aliphatic rings. The summed E-state index contributed by atoms with van der Waals surface area (Å²) in [5.41, 5.74) is 2.52. The fourth-order valence-corrected chi connectivity index (χ4v) is 2.13. The van der Waals surface area contributed by atoms with Crippen molar-refractivity contribution in [3.8, 4) is 11.5 Å². The molecule has 1 heterocycles. The van der Waals surface area contributed by atoms with Crippen LogP contribution in [0.5, 0.6) is 11.5 Å². The SMILES string of the molecule is CC(C)Cc1ccc(C(C)C)c2c1OCO2. The summed E-state index contributed by atoms with van der Waals surface area (Å²) in [5, 5.41) is 0. The number of hydrogen-bond donors (Lipinski definition) is 0. The maximum atomic E-state index is 5.60. The summed E-state index contributed by atoms with van der Waals surface area (Å²) in [4.78, 5) is 0. The van der Waals surface area contributed by atoms with Crippen LogP contribution in [0, 0.1) is 5.92 Å². The maximum Gasteiger partial charge on any atom is 0.231 e. The van der Waals surface area contributed by atoms with E-state index in [1.54, 1.807) is 0 Å². The summed E-state index contributed by atoms with van der Waals surface area (Å²) in [6, 6.07) is 4.36. The van der Waals surface area contributed by atoms with E-state index in [-0.39, 0.29) is 0 Å². The fraction of sp³-hybridized carbons (Fsp3) is 0.571. The van der Waals surface area contributed by atoms with Gasteiger partial charge in [0.15, 0.2) is 11.5 Å². The highest BCUT2D eigenvalue weighted by Gasteiger charge is 2.23. The predicted molar refractivity (Wildman–Crippen MR) is 65.2 cm³/mol. The van der Waals surface area contributed by atoms with Crippen LogP contribution in [-0.2, 0) is 6.42 Å². The van der Waals surface area contributed by atoms with Gasteiger partial charge in [-0.15, -0.1) is 0 Å². The first-order valence-electron chi connectivity index (χ1n) is 6.01. The monoisotopic (exact) mass is 220 g/mol. The zero-order valence-corrected chi connectivity index (χ0v) is 10.5. The Hall–Kier alpha value is -1.18. The van der Waals surface area contributed by atoms with Gasteiger partial charge in [0.2, 0.25) is 6.79 Å². The third-order valence-corrected chi connectivity index (χ3v) is 2.88. The minimum Gasteiger partial charge on any atom is -0.453 e. The number of hydrogen-bond acceptors (Lipinski definition) is 2. The van der Waals surface area contributed by atoms with E-state index in [0.29, 0.717) is 18.6 Å². The van der Waals surface area contributed by atoms with Gasteiger partial charge in [0.25, 0.3) is 0 Å². The molecule has 0 bridgehead atoms. The van der Waals surface area contributed by atoms with Crippen molar-refractivity contribution in [3.05, 3.63) is 23.3 Å². The van der Waals surface area contributed by atoms with Crippen LogP contribution >= 0.6 is 0 Å². The molecule has 2 nitrogen and oxygen atoms in total. The summed E-state index contributed by atoms with van der Waals surface area (Å²) in [5.74, 6) is 3.05. The number of benzene rings is 1. The minimum atomic E-state index is 0.365. The van der Waals surface area contributed by atoms with Crippen LogP contribution in [0.15, 0.2) is 12.1 Å². The Labute approximate surface area is 97.6 Å². The minimum absolute atomic E-state index is 0.365. The Morgan fingerprint density at radius 3 is 2.38 bits per heavy atom. The topological polar surface area (TPSA) is 18.5 Å². The van der Waals surface area contributed by atoms with E-state index >= 15 is 0 Å². The molecule has 16 heavy (non-hydrogen) atoms. The van der Waals surface area contributed by atoms with Gasteiger partial charge in [-0.3, -0.25) is 0 Å². The number of rotatable bonds is 3. The van der Waals surface area contributed by atoms with E-state index in [1.165, 1.54) is 11.1 Å². The first kappa shape index (κ1) is 11.3. The van der Waals surface area contributed by atoms with Gasteiger partial charge in [0.05, 0.1) is 0 Å². The zero-order chi connectivity index (χ0) is 11.7. The molecule has 0 N–H and O–H groups in total. The summed E-state index contributed by atoms with van der Waals surface area (Å²) >= 11 is 0. The third-order valence-electron chi connectivity index (χ3n) is 2.88. The van der Waals surface area contributed by atoms with E-state index in [4.69, 9.17) is 9.47 Å². The van der Waals surface area contributed by atoms with Crippen molar-refractivity contribution >= 4 is 0 Å². The second-order valence-electron chi connectivity index (χ2n) is 5.13. The molecule has 0 atom stereocenters. The average Bonchev–Trinajstić information content (AvgIpc) is 2.65. The van der Waals surface area contributed by atoms with Crippen LogP contribution in [0.25, 0.3) is 0 Å². The van der Waals surface area contributed by atoms with Gasteiger partial charge in [-0.05, 0) is 23.8 Å². The molecule has 1 aliphatic heterocycles. The van der Waals surface area contributed by atoms with Crippen molar-refractivity contribution in [3.63, 3.8) is 0 Å². The van der Waals surface area contributed by atoms with Crippen LogP contribution in [0.3, 0.4) is 0 Å². The number of fused-ring (bicyclic) bond motifs is 1. The van der Waals surface area contributed by atoms with Gasteiger partial charge < -0.3 is 9.47 Å². The second kappa shape index (κ2) is 4.36. The molecule has 0 fully saturated rings. The van der Waals surface area contributed by atoms with Crippen molar-refractivity contribution in [1.29, 1.82) is 0 Å². The highest BCUT2D eigenvalue weighted by atomic mass is 16.7. The standard InChI is InChI=1S/C14H20O2/c1-9(2)7-11-5-6-12(10(3)4)14-13(11)15-8-16-14/h5-6,9-10H,7-8H2,1-4H3. The van der Waals surface area contributed by atoms with Crippen molar-refractivity contribution in [1.82, 2.24) is 0 Å². The molecule has 1 aromatic carbocycles. The normalized spacial score (nSPS) is 13.9. The lowest BCUT2D eigenvalue weighted by Gasteiger charge is -2.13. The van der Waals surface area contributed by atoms with Crippen molar-refractivity contribution in [2.24, 2.45) is 5.92 Å². The van der Waals surface area contributed by atoms with Gasteiger partial charge in [-0.1, -0.05) is 39.8 Å². The van der Waals surface area contributed by atoms with Crippen LogP contribution in [-0.4, -0.2) is 6.79 Å². The number of ether oxygens (including phenoxy) is 2. The lowest BCUT2D eigenvalue weighted by atomic mass is 9.95. The Morgan fingerprint density at radius 2 is 1.75 bits per heavy atom. The zero-order valence-electron chi connectivity index (χ0n) is 10.5. The molecule has 1 aromatic rings. The quantitative estimate of drug-likeness (QED) is 0.772. The molecule has 0 unspecified atom stereocenters. The van der Waals surface area contributed by atoms with Crippen LogP contribution in [0.4, 0.5) is 0 Å². The molecule has 0 spiro atoms. The molecule has 2 heteroatoms. The molecule has 0 amide bonds. The predicted octanol–water partition coefficient (Wildman–Crippen LogP) is 3.74. The summed E-state index contributed by atoms with van der Waals surface area (Å²) in [6.45, 7) is 9.17. The van der Waals surface area contributed by atoms with Crippen molar-refractivity contribution < 1.29 is 9.47 Å². The Kier molecular flexibility index (Phi) is 3.08. The van der Waals surface area contributed by atoms with E-state index in [9.17, 15) is 0 Å². The van der Waals surface area contributed by atoms with Gasteiger partial charge in [-0.25, -0.2) is 0 Å². The van der Waals surface area contributed by atoms with E-state index in [1.807, 2.05) is 0 Å². The molecule has 0 radical (unpaired) electrons. The highest BCUT2D eigenvalue weighted by Crippen LogP contribution is 2.42. The third kappa shape index (κ3) is 2.01. The van der Waals surface area contributed by atoms with Gasteiger partial charge in [0.1, 0.15) is 0 Å². The molecule has 0 saturated heterocycles. The summed E-state index contributed by atoms with van der Waals surface area (Å²) in [6.07, 6.45) is 1.05. The Morgan fingerprint density at radius 1 is 1.06 bits per heavy atom. The van der Waals surface area contributed by atoms with Crippen LogP contribution in [0.2, 0.25) is 0 Å². The van der Waals surface area contributed by atoms with E-state index in [2.05, 4.69) is 39.8 Å². The largest absolute Gasteiger partial charge is 0.453 e. The highest BCUT2D eigenvalue weighted by molar-refractivity contribution is 5.54.